The summed E-state index contributed by atoms with van der Waals surface area (Å²) in [4.78, 5) is 21.9. The maximum Gasteiger partial charge on any atom is 0.258 e. The minimum Gasteiger partial charge on any atom is -0.484 e. The summed E-state index contributed by atoms with van der Waals surface area (Å²) in [6, 6.07) is 15.8. The van der Waals surface area contributed by atoms with Crippen LogP contribution in [-0.2, 0) is 11.8 Å². The van der Waals surface area contributed by atoms with Crippen LogP contribution in [0.25, 0.3) is 33.5 Å². The number of nitrogens with zero attached hydrogens (tertiary/aromatic N) is 5. The number of H-pyrrole nitrogens is 1. The van der Waals surface area contributed by atoms with Crippen LogP contribution in [-0.4, -0.2) is 48.5 Å². The predicted octanol–water partition coefficient (Wildman–Crippen LogP) is 4.60. The van der Waals surface area contributed by atoms with Crippen molar-refractivity contribution >= 4 is 28.4 Å². The number of hydrogen-bond acceptors (Lipinski definition) is 7. The molecule has 1 aliphatic rings. The Morgan fingerprint density at radius 1 is 1.05 bits per heavy atom. The van der Waals surface area contributed by atoms with E-state index in [2.05, 4.69) is 25.9 Å². The first-order valence-corrected chi connectivity index (χ1v) is 12.7. The van der Waals surface area contributed by atoms with Gasteiger partial charge in [0.2, 0.25) is 0 Å². The molecule has 38 heavy (non-hydrogen) atoms. The first kappa shape index (κ1) is 23.7. The zero-order valence-corrected chi connectivity index (χ0v) is 21.0. The van der Waals surface area contributed by atoms with Crippen molar-refractivity contribution in [3.05, 3.63) is 67.1 Å². The van der Waals surface area contributed by atoms with E-state index in [1.165, 1.54) is 12.8 Å². The SMILES string of the molecule is Cn1ncc2nc(-c3cccc(OCC(=O)NC4CCCC4)c3)nc(Nc3ccc(-c4cn[nH]c4)cc3)c21. The fourth-order valence-electron chi connectivity index (χ4n) is 4.80. The Hall–Kier alpha value is -4.73. The molecule has 1 fully saturated rings. The second-order valence-electron chi connectivity index (χ2n) is 9.45. The van der Waals surface area contributed by atoms with Crippen LogP contribution in [0.3, 0.4) is 0 Å². The third kappa shape index (κ3) is 5.06. The summed E-state index contributed by atoms with van der Waals surface area (Å²) in [6.45, 7) is -0.0237. The van der Waals surface area contributed by atoms with Gasteiger partial charge >= 0.3 is 0 Å². The fraction of sp³-hybridized carbons (Fsp3) is 0.250. The molecule has 3 N–H and O–H groups in total. The van der Waals surface area contributed by atoms with Gasteiger partial charge in [-0.15, -0.1) is 0 Å². The van der Waals surface area contributed by atoms with Gasteiger partial charge in [-0.1, -0.05) is 37.1 Å². The molecule has 3 heterocycles. The quantitative estimate of drug-likeness (QED) is 0.280. The first-order chi connectivity index (χ1) is 18.6. The summed E-state index contributed by atoms with van der Waals surface area (Å²) in [7, 11) is 1.86. The average Bonchev–Trinajstić information content (AvgIpc) is 3.72. The zero-order chi connectivity index (χ0) is 25.9. The smallest absolute Gasteiger partial charge is 0.258 e. The van der Waals surface area contributed by atoms with Crippen molar-refractivity contribution in [3.8, 4) is 28.3 Å². The Kier molecular flexibility index (Phi) is 6.43. The van der Waals surface area contributed by atoms with Crippen molar-refractivity contribution in [3.63, 3.8) is 0 Å². The highest BCUT2D eigenvalue weighted by Crippen LogP contribution is 2.29. The van der Waals surface area contributed by atoms with Crippen molar-refractivity contribution < 1.29 is 9.53 Å². The molecule has 0 atom stereocenters. The highest BCUT2D eigenvalue weighted by molar-refractivity contribution is 5.89. The van der Waals surface area contributed by atoms with E-state index in [4.69, 9.17) is 14.7 Å². The van der Waals surface area contributed by atoms with Gasteiger partial charge < -0.3 is 15.4 Å². The maximum absolute atomic E-state index is 12.3. The van der Waals surface area contributed by atoms with Crippen molar-refractivity contribution in [2.45, 2.75) is 31.7 Å². The number of aromatic nitrogens is 6. The van der Waals surface area contributed by atoms with Gasteiger partial charge in [0.1, 0.15) is 16.8 Å². The molecule has 3 aromatic heterocycles. The van der Waals surface area contributed by atoms with Crippen LogP contribution in [0.15, 0.2) is 67.1 Å². The molecule has 1 amide bonds. The minimum absolute atomic E-state index is 0.0237. The van der Waals surface area contributed by atoms with E-state index >= 15 is 0 Å². The summed E-state index contributed by atoms with van der Waals surface area (Å²) in [5, 5.41) is 17.7. The largest absolute Gasteiger partial charge is 0.484 e. The number of carbonyl (C=O) groups is 1. The van der Waals surface area contributed by atoms with Crippen molar-refractivity contribution in [1.29, 1.82) is 0 Å². The number of carbonyl (C=O) groups excluding carboxylic acids is 1. The topological polar surface area (TPSA) is 123 Å². The summed E-state index contributed by atoms with van der Waals surface area (Å²) >= 11 is 0. The molecule has 5 aromatic rings. The lowest BCUT2D eigenvalue weighted by Crippen LogP contribution is -2.36. The van der Waals surface area contributed by atoms with Crippen LogP contribution < -0.4 is 15.4 Å². The van der Waals surface area contributed by atoms with Gasteiger partial charge in [-0.05, 0) is 42.7 Å². The van der Waals surface area contributed by atoms with Gasteiger partial charge in [-0.3, -0.25) is 14.6 Å². The number of ether oxygens (including phenoxy) is 1. The number of aryl methyl sites for hydroxylation is 1. The lowest BCUT2D eigenvalue weighted by atomic mass is 10.1. The van der Waals surface area contributed by atoms with Gasteiger partial charge in [0, 0.05) is 36.1 Å². The van der Waals surface area contributed by atoms with E-state index in [1.807, 2.05) is 61.8 Å². The number of amides is 1. The van der Waals surface area contributed by atoms with E-state index in [-0.39, 0.29) is 18.6 Å². The molecular weight excluding hydrogens is 480 g/mol. The molecule has 192 valence electrons. The standard InChI is InChI=1S/C28H28N8O2/c1-36-26-24(16-31-36)34-27(35-28(26)33-22-11-9-18(10-12-22)20-14-29-30-15-20)19-5-4-8-23(13-19)38-17-25(37)32-21-6-2-3-7-21/h4-5,8-16,21H,2-3,6-7,17H2,1H3,(H,29,30)(H,32,37)(H,33,34,35). The molecule has 0 unspecified atom stereocenters. The summed E-state index contributed by atoms with van der Waals surface area (Å²) in [6.07, 6.45) is 9.80. The molecule has 0 spiro atoms. The van der Waals surface area contributed by atoms with Crippen molar-refractivity contribution in [2.24, 2.45) is 7.05 Å². The normalized spacial score (nSPS) is 13.6. The highest BCUT2D eigenvalue weighted by atomic mass is 16.5. The summed E-state index contributed by atoms with van der Waals surface area (Å²) in [5.74, 6) is 1.66. The second-order valence-corrected chi connectivity index (χ2v) is 9.45. The van der Waals surface area contributed by atoms with Gasteiger partial charge in [0.05, 0.1) is 12.4 Å². The average molecular weight is 509 g/mol. The van der Waals surface area contributed by atoms with E-state index in [0.717, 1.165) is 46.3 Å². The van der Waals surface area contributed by atoms with Gasteiger partial charge in [0.15, 0.2) is 18.2 Å². The van der Waals surface area contributed by atoms with Gasteiger partial charge in [-0.25, -0.2) is 9.97 Å². The predicted molar refractivity (Wildman–Crippen MR) is 145 cm³/mol. The maximum atomic E-state index is 12.3. The van der Waals surface area contributed by atoms with Crippen LogP contribution in [0.1, 0.15) is 25.7 Å². The monoisotopic (exact) mass is 508 g/mol. The van der Waals surface area contributed by atoms with E-state index < -0.39 is 0 Å². The molecule has 0 bridgehead atoms. The molecule has 6 rings (SSSR count). The number of benzene rings is 2. The molecule has 1 saturated carbocycles. The van der Waals surface area contributed by atoms with Crippen molar-refractivity contribution in [2.75, 3.05) is 11.9 Å². The van der Waals surface area contributed by atoms with E-state index in [0.29, 0.717) is 17.4 Å². The molecule has 2 aromatic carbocycles. The van der Waals surface area contributed by atoms with Crippen LogP contribution in [0, 0.1) is 0 Å². The Balaban J connectivity index is 1.23. The van der Waals surface area contributed by atoms with Crippen LogP contribution in [0.5, 0.6) is 5.75 Å². The van der Waals surface area contributed by atoms with Crippen LogP contribution in [0.2, 0.25) is 0 Å². The van der Waals surface area contributed by atoms with Gasteiger partial charge in [-0.2, -0.15) is 10.2 Å². The molecular formula is C28H28N8O2. The van der Waals surface area contributed by atoms with Crippen molar-refractivity contribution in [1.82, 2.24) is 35.3 Å². The molecule has 1 aliphatic carbocycles. The number of anilines is 2. The minimum atomic E-state index is -0.0967. The summed E-state index contributed by atoms with van der Waals surface area (Å²) in [5.41, 5.74) is 5.26. The fourth-order valence-corrected chi connectivity index (χ4v) is 4.80. The summed E-state index contributed by atoms with van der Waals surface area (Å²) < 4.78 is 7.55. The number of rotatable bonds is 8. The number of nitrogens with one attached hydrogen (secondary N) is 3. The number of aromatic amines is 1. The molecule has 0 saturated heterocycles. The van der Waals surface area contributed by atoms with E-state index in [1.54, 1.807) is 17.1 Å². The second kappa shape index (κ2) is 10.3. The highest BCUT2D eigenvalue weighted by Gasteiger charge is 2.18. The molecule has 0 aliphatic heterocycles. The Labute approximate surface area is 219 Å². The number of fused-ring (bicyclic) bond motifs is 1. The Morgan fingerprint density at radius 2 is 1.89 bits per heavy atom. The van der Waals surface area contributed by atoms with Crippen LogP contribution in [0.4, 0.5) is 11.5 Å². The lowest BCUT2D eigenvalue weighted by Gasteiger charge is -2.13. The lowest BCUT2D eigenvalue weighted by molar-refractivity contribution is -0.123. The first-order valence-electron chi connectivity index (χ1n) is 12.7. The van der Waals surface area contributed by atoms with E-state index in [9.17, 15) is 4.79 Å². The third-order valence-corrected chi connectivity index (χ3v) is 6.75. The molecule has 10 nitrogen and oxygen atoms in total. The number of hydrogen-bond donors (Lipinski definition) is 3. The molecule has 0 radical (unpaired) electrons. The Bertz CT molecular complexity index is 1550. The van der Waals surface area contributed by atoms with Crippen LogP contribution >= 0.6 is 0 Å². The third-order valence-electron chi connectivity index (χ3n) is 6.75. The Morgan fingerprint density at radius 3 is 2.68 bits per heavy atom. The van der Waals surface area contributed by atoms with Gasteiger partial charge in [0.25, 0.3) is 5.91 Å². The zero-order valence-electron chi connectivity index (χ0n) is 21.0. The molecule has 10 heteroatoms.